The largest absolute Gasteiger partial charge is 0.288 e. The van der Waals surface area contributed by atoms with Crippen molar-refractivity contribution < 1.29 is 9.18 Å². The molecule has 4 heteroatoms. The molecule has 0 saturated heterocycles. The van der Waals surface area contributed by atoms with Gasteiger partial charge < -0.3 is 0 Å². The molecule has 0 aliphatic carbocycles. The molecule has 1 rings (SSSR count). The van der Waals surface area contributed by atoms with Crippen molar-refractivity contribution in [1.29, 1.82) is 5.26 Å². The Labute approximate surface area is 97.5 Å². The van der Waals surface area contributed by atoms with Gasteiger partial charge >= 0.3 is 0 Å². The van der Waals surface area contributed by atoms with Crippen LogP contribution in [0.25, 0.3) is 0 Å². The Morgan fingerprint density at radius 2 is 2.25 bits per heavy atom. The average molecular weight is 233 g/mol. The van der Waals surface area contributed by atoms with Crippen molar-refractivity contribution in [3.8, 4) is 17.9 Å². The van der Waals surface area contributed by atoms with E-state index >= 15 is 0 Å². The van der Waals surface area contributed by atoms with Crippen molar-refractivity contribution in [2.45, 2.75) is 6.92 Å². The van der Waals surface area contributed by atoms with E-state index in [1.165, 1.54) is 25.1 Å². The molecule has 80 valence electrons. The number of rotatable bonds is 1. The van der Waals surface area contributed by atoms with Gasteiger partial charge in [-0.15, -0.1) is 0 Å². The standard InChI is InChI=1S/C12H8FNOS/c1-9(15)16-6-2-3-10-7-12(13)5-4-11(10)8-14/h4-5,7H,6H2,1H3. The van der Waals surface area contributed by atoms with Crippen molar-refractivity contribution >= 4 is 16.9 Å². The number of carbonyl (C=O) groups excluding carboxylic acids is 1. The molecule has 2 nitrogen and oxygen atoms in total. The van der Waals surface area contributed by atoms with Crippen LogP contribution in [0.4, 0.5) is 4.39 Å². The van der Waals surface area contributed by atoms with Gasteiger partial charge in [0.2, 0.25) is 0 Å². The highest BCUT2D eigenvalue weighted by Gasteiger charge is 2.00. The maximum Gasteiger partial charge on any atom is 0.186 e. The Kier molecular flexibility index (Phi) is 4.57. The molecule has 16 heavy (non-hydrogen) atoms. The Morgan fingerprint density at radius 1 is 1.50 bits per heavy atom. The summed E-state index contributed by atoms with van der Waals surface area (Å²) in [6.07, 6.45) is 0. The van der Waals surface area contributed by atoms with Crippen LogP contribution in [0.1, 0.15) is 18.1 Å². The van der Waals surface area contributed by atoms with Gasteiger partial charge in [0.05, 0.1) is 11.3 Å². The number of nitriles is 1. The summed E-state index contributed by atoms with van der Waals surface area (Å²) in [5, 5.41) is 8.74. The van der Waals surface area contributed by atoms with Gasteiger partial charge in [-0.3, -0.25) is 4.79 Å². The number of hydrogen-bond donors (Lipinski definition) is 0. The number of carbonyl (C=O) groups is 1. The first kappa shape index (κ1) is 12.3. The fourth-order valence-electron chi connectivity index (χ4n) is 0.986. The summed E-state index contributed by atoms with van der Waals surface area (Å²) in [5.74, 6) is 5.30. The van der Waals surface area contributed by atoms with Gasteiger partial charge in [0.1, 0.15) is 11.9 Å². The van der Waals surface area contributed by atoms with Gasteiger partial charge in [0.25, 0.3) is 0 Å². The molecule has 0 bridgehead atoms. The molecule has 1 aromatic rings. The van der Waals surface area contributed by atoms with Gasteiger partial charge in [-0.2, -0.15) is 5.26 Å². The second-order valence-electron chi connectivity index (χ2n) is 2.88. The quantitative estimate of drug-likeness (QED) is 0.699. The zero-order chi connectivity index (χ0) is 12.0. The molecule has 0 aromatic heterocycles. The third-order valence-corrected chi connectivity index (χ3v) is 2.37. The van der Waals surface area contributed by atoms with Crippen molar-refractivity contribution in [3.63, 3.8) is 0 Å². The molecule has 0 unspecified atom stereocenters. The van der Waals surface area contributed by atoms with Gasteiger partial charge in [0.15, 0.2) is 5.12 Å². The Hall–Kier alpha value is -1.78. The van der Waals surface area contributed by atoms with Crippen LogP contribution in [-0.4, -0.2) is 10.9 Å². The third kappa shape index (κ3) is 3.76. The predicted octanol–water partition coefficient (Wildman–Crippen LogP) is 2.33. The van der Waals surface area contributed by atoms with Crippen LogP contribution in [0, 0.1) is 29.0 Å². The topological polar surface area (TPSA) is 40.9 Å². The summed E-state index contributed by atoms with van der Waals surface area (Å²) >= 11 is 1.08. The number of nitrogens with zero attached hydrogens (tertiary/aromatic N) is 1. The number of thioether (sulfide) groups is 1. The minimum atomic E-state index is -0.428. The second-order valence-corrected chi connectivity index (χ2v) is 4.04. The second kappa shape index (κ2) is 5.95. The van der Waals surface area contributed by atoms with E-state index in [4.69, 9.17) is 5.26 Å². The SMILES string of the molecule is CC(=O)SCC#Cc1cc(F)ccc1C#N. The van der Waals surface area contributed by atoms with E-state index in [1.807, 2.05) is 6.07 Å². The lowest BCUT2D eigenvalue weighted by atomic mass is 10.1. The summed E-state index contributed by atoms with van der Waals surface area (Å²) < 4.78 is 12.9. The first-order valence-corrected chi connectivity index (χ1v) is 5.44. The molecule has 0 saturated carbocycles. The van der Waals surface area contributed by atoms with E-state index in [0.717, 1.165) is 11.8 Å². The summed E-state index contributed by atoms with van der Waals surface area (Å²) in [6.45, 7) is 1.45. The van der Waals surface area contributed by atoms with Crippen LogP contribution < -0.4 is 0 Å². The van der Waals surface area contributed by atoms with E-state index in [-0.39, 0.29) is 5.12 Å². The van der Waals surface area contributed by atoms with Gasteiger partial charge in [0, 0.05) is 12.5 Å². The predicted molar refractivity (Wildman–Crippen MR) is 61.1 cm³/mol. The molecular formula is C12H8FNOS. The van der Waals surface area contributed by atoms with Gasteiger partial charge in [-0.05, 0) is 18.2 Å². The number of hydrogen-bond acceptors (Lipinski definition) is 3. The molecule has 0 heterocycles. The zero-order valence-electron chi connectivity index (χ0n) is 8.58. The summed E-state index contributed by atoms with van der Waals surface area (Å²) in [4.78, 5) is 10.6. The number of benzene rings is 1. The van der Waals surface area contributed by atoms with Crippen molar-refractivity contribution in [1.82, 2.24) is 0 Å². The molecule has 0 radical (unpaired) electrons. The van der Waals surface area contributed by atoms with E-state index in [0.29, 0.717) is 16.9 Å². The normalized spacial score (nSPS) is 8.81. The van der Waals surface area contributed by atoms with Crippen LogP contribution in [-0.2, 0) is 4.79 Å². The molecule has 0 aliphatic rings. The fourth-order valence-corrected chi connectivity index (χ4v) is 1.33. The number of halogens is 1. The summed E-state index contributed by atoms with van der Waals surface area (Å²) in [5.41, 5.74) is 0.688. The van der Waals surface area contributed by atoms with E-state index in [2.05, 4.69) is 11.8 Å². The van der Waals surface area contributed by atoms with Crippen molar-refractivity contribution in [2.75, 3.05) is 5.75 Å². The molecular weight excluding hydrogens is 225 g/mol. The van der Waals surface area contributed by atoms with Crippen molar-refractivity contribution in [3.05, 3.63) is 35.1 Å². The minimum absolute atomic E-state index is 0.0194. The maximum atomic E-state index is 12.9. The smallest absolute Gasteiger partial charge is 0.186 e. The molecule has 0 spiro atoms. The Morgan fingerprint density at radius 3 is 2.88 bits per heavy atom. The van der Waals surface area contributed by atoms with Gasteiger partial charge in [-0.1, -0.05) is 23.6 Å². The monoisotopic (exact) mass is 233 g/mol. The van der Waals surface area contributed by atoms with Crippen LogP contribution in [0.2, 0.25) is 0 Å². The molecule has 0 amide bonds. The third-order valence-electron chi connectivity index (χ3n) is 1.67. The Balaban J connectivity index is 2.83. The van der Waals surface area contributed by atoms with Crippen molar-refractivity contribution in [2.24, 2.45) is 0 Å². The van der Waals surface area contributed by atoms with E-state index in [9.17, 15) is 9.18 Å². The summed E-state index contributed by atoms with van der Waals surface area (Å²) in [6, 6.07) is 5.74. The molecule has 0 fully saturated rings. The fraction of sp³-hybridized carbons (Fsp3) is 0.167. The molecule has 0 N–H and O–H groups in total. The lowest BCUT2D eigenvalue weighted by Gasteiger charge is -1.94. The van der Waals surface area contributed by atoms with Crippen LogP contribution in [0.15, 0.2) is 18.2 Å². The zero-order valence-corrected chi connectivity index (χ0v) is 9.40. The van der Waals surface area contributed by atoms with Crippen LogP contribution >= 0.6 is 11.8 Å². The average Bonchev–Trinajstić information content (AvgIpc) is 2.24. The van der Waals surface area contributed by atoms with Crippen LogP contribution in [0.3, 0.4) is 0 Å². The van der Waals surface area contributed by atoms with E-state index in [1.54, 1.807) is 0 Å². The first-order valence-electron chi connectivity index (χ1n) is 4.45. The lowest BCUT2D eigenvalue weighted by molar-refractivity contribution is -0.109. The van der Waals surface area contributed by atoms with Gasteiger partial charge in [-0.25, -0.2) is 4.39 Å². The minimum Gasteiger partial charge on any atom is -0.288 e. The highest BCUT2D eigenvalue weighted by Crippen LogP contribution is 2.09. The highest BCUT2D eigenvalue weighted by atomic mass is 32.2. The van der Waals surface area contributed by atoms with Crippen LogP contribution in [0.5, 0.6) is 0 Å². The molecule has 0 aliphatic heterocycles. The summed E-state index contributed by atoms with van der Waals surface area (Å²) in [7, 11) is 0. The molecule has 0 atom stereocenters. The highest BCUT2D eigenvalue weighted by molar-refractivity contribution is 8.13. The van der Waals surface area contributed by atoms with E-state index < -0.39 is 5.82 Å². The Bertz CT molecular complexity index is 508. The lowest BCUT2D eigenvalue weighted by Crippen LogP contribution is -1.87. The first-order chi connectivity index (χ1) is 7.63. The maximum absolute atomic E-state index is 12.9. The molecule has 1 aromatic carbocycles.